The van der Waals surface area contributed by atoms with E-state index in [4.69, 9.17) is 23.1 Å². The van der Waals surface area contributed by atoms with E-state index in [1.165, 1.54) is 0 Å². The van der Waals surface area contributed by atoms with Gasteiger partial charge in [0, 0.05) is 0 Å². The second-order valence-electron chi connectivity index (χ2n) is 3.54. The zero-order chi connectivity index (χ0) is 11.8. The van der Waals surface area contributed by atoms with E-state index in [1.54, 1.807) is 13.8 Å². The highest BCUT2D eigenvalue weighted by molar-refractivity contribution is 5.03. The molecular weight excluding hydrogens is 176 g/mol. The fourth-order valence-electron chi connectivity index (χ4n) is 0.204. The second kappa shape index (κ2) is 6.49. The molecule has 0 radical (unpaired) electrons. The first-order valence-electron chi connectivity index (χ1n) is 4.65. The highest BCUT2D eigenvalue weighted by Gasteiger charge is 2.11. The summed E-state index contributed by atoms with van der Waals surface area (Å²) in [5.74, 6) is 4.49. The second-order valence-corrected chi connectivity index (χ2v) is 3.54. The SMILES string of the molecule is C#CC(C)(O)CC.C#CC(C)(O)CC. The maximum atomic E-state index is 8.90. The van der Waals surface area contributed by atoms with Crippen LogP contribution in [0.4, 0.5) is 0 Å². The van der Waals surface area contributed by atoms with Gasteiger partial charge in [0.1, 0.15) is 11.2 Å². The number of terminal acetylenes is 2. The Hall–Kier alpha value is -0.960. The molecule has 0 fully saturated rings. The Bertz CT molecular complexity index is 200. The highest BCUT2D eigenvalue weighted by Crippen LogP contribution is 2.04. The Labute approximate surface area is 87.3 Å². The van der Waals surface area contributed by atoms with Gasteiger partial charge in [-0.2, -0.15) is 0 Å². The topological polar surface area (TPSA) is 40.5 Å². The van der Waals surface area contributed by atoms with Gasteiger partial charge in [-0.3, -0.25) is 0 Å². The molecule has 0 amide bonds. The minimum atomic E-state index is -0.889. The lowest BCUT2D eigenvalue weighted by atomic mass is 10.1. The van der Waals surface area contributed by atoms with Gasteiger partial charge >= 0.3 is 0 Å². The fourth-order valence-corrected chi connectivity index (χ4v) is 0.204. The summed E-state index contributed by atoms with van der Waals surface area (Å²) in [4.78, 5) is 0. The van der Waals surface area contributed by atoms with Gasteiger partial charge in [-0.15, -0.1) is 12.8 Å². The average Bonchev–Trinajstić information content (AvgIpc) is 2.19. The third-order valence-corrected chi connectivity index (χ3v) is 2.00. The molecule has 2 unspecified atom stereocenters. The molecule has 2 atom stereocenters. The van der Waals surface area contributed by atoms with E-state index in [9.17, 15) is 0 Å². The van der Waals surface area contributed by atoms with Crippen LogP contribution >= 0.6 is 0 Å². The Kier molecular flexibility index (Phi) is 7.19. The van der Waals surface area contributed by atoms with Crippen molar-refractivity contribution in [3.63, 3.8) is 0 Å². The van der Waals surface area contributed by atoms with Crippen molar-refractivity contribution in [2.45, 2.75) is 51.7 Å². The Morgan fingerprint density at radius 1 is 0.929 bits per heavy atom. The first kappa shape index (κ1) is 15.5. The summed E-state index contributed by atoms with van der Waals surface area (Å²) in [6, 6.07) is 0. The lowest BCUT2D eigenvalue weighted by Crippen LogP contribution is -2.18. The smallest absolute Gasteiger partial charge is 0.122 e. The Balaban J connectivity index is 0. The molecule has 2 nitrogen and oxygen atoms in total. The number of hydrogen-bond acceptors (Lipinski definition) is 2. The number of aliphatic hydroxyl groups is 2. The average molecular weight is 196 g/mol. The van der Waals surface area contributed by atoms with Crippen LogP contribution in [0.2, 0.25) is 0 Å². The molecule has 0 rings (SSSR count). The first-order chi connectivity index (χ1) is 6.24. The van der Waals surface area contributed by atoms with Crippen molar-refractivity contribution < 1.29 is 10.2 Å². The van der Waals surface area contributed by atoms with Gasteiger partial charge < -0.3 is 10.2 Å². The van der Waals surface area contributed by atoms with E-state index < -0.39 is 11.2 Å². The predicted molar refractivity (Wildman–Crippen MR) is 59.5 cm³/mol. The van der Waals surface area contributed by atoms with Crippen LogP contribution < -0.4 is 0 Å². The van der Waals surface area contributed by atoms with E-state index in [-0.39, 0.29) is 0 Å². The molecule has 0 aromatic heterocycles. The number of rotatable bonds is 2. The molecule has 0 saturated carbocycles. The van der Waals surface area contributed by atoms with E-state index in [0.717, 1.165) is 0 Å². The molecule has 0 heterocycles. The Morgan fingerprint density at radius 2 is 1.14 bits per heavy atom. The van der Waals surface area contributed by atoms with Crippen LogP contribution in [0, 0.1) is 24.7 Å². The third kappa shape index (κ3) is 9.13. The van der Waals surface area contributed by atoms with Gasteiger partial charge in [-0.05, 0) is 26.7 Å². The maximum Gasteiger partial charge on any atom is 0.122 e. The minimum absolute atomic E-state index is 0.615. The molecule has 80 valence electrons. The molecule has 0 aromatic rings. The minimum Gasteiger partial charge on any atom is -0.378 e. The van der Waals surface area contributed by atoms with Crippen molar-refractivity contribution in [2.24, 2.45) is 0 Å². The monoisotopic (exact) mass is 196 g/mol. The summed E-state index contributed by atoms with van der Waals surface area (Å²) in [5.41, 5.74) is -1.78. The molecular formula is C12H20O2. The van der Waals surface area contributed by atoms with Crippen molar-refractivity contribution in [3.05, 3.63) is 0 Å². The van der Waals surface area contributed by atoms with Gasteiger partial charge in [0.25, 0.3) is 0 Å². The van der Waals surface area contributed by atoms with Crippen LogP contribution in [-0.2, 0) is 0 Å². The standard InChI is InChI=1S/2C6H10O/c2*1-4-6(3,7)5-2/h2*1,7H,5H2,2-3H3. The molecule has 0 bridgehead atoms. The lowest BCUT2D eigenvalue weighted by molar-refractivity contribution is 0.118. The quantitative estimate of drug-likeness (QED) is 0.658. The summed E-state index contributed by atoms with van der Waals surface area (Å²) in [6.07, 6.45) is 11.1. The van der Waals surface area contributed by atoms with Crippen LogP contribution in [0.15, 0.2) is 0 Å². The van der Waals surface area contributed by atoms with Gasteiger partial charge in [-0.25, -0.2) is 0 Å². The van der Waals surface area contributed by atoms with Crippen molar-refractivity contribution in [1.82, 2.24) is 0 Å². The van der Waals surface area contributed by atoms with Crippen molar-refractivity contribution in [3.8, 4) is 24.7 Å². The zero-order valence-corrected chi connectivity index (χ0v) is 9.46. The van der Waals surface area contributed by atoms with Crippen molar-refractivity contribution >= 4 is 0 Å². The summed E-state index contributed by atoms with van der Waals surface area (Å²) < 4.78 is 0. The molecule has 2 heteroatoms. The summed E-state index contributed by atoms with van der Waals surface area (Å²) in [7, 11) is 0. The van der Waals surface area contributed by atoms with E-state index in [0.29, 0.717) is 12.8 Å². The van der Waals surface area contributed by atoms with E-state index >= 15 is 0 Å². The van der Waals surface area contributed by atoms with Crippen LogP contribution in [-0.4, -0.2) is 21.4 Å². The number of hydrogen-bond donors (Lipinski definition) is 2. The summed E-state index contributed by atoms with van der Waals surface area (Å²) in [5, 5.41) is 17.8. The molecule has 0 aliphatic heterocycles. The highest BCUT2D eigenvalue weighted by atomic mass is 16.3. The fraction of sp³-hybridized carbons (Fsp3) is 0.667. The normalized spacial score (nSPS) is 17.4. The molecule has 0 aromatic carbocycles. The molecule has 14 heavy (non-hydrogen) atoms. The summed E-state index contributed by atoms with van der Waals surface area (Å²) >= 11 is 0. The van der Waals surface area contributed by atoms with Gasteiger partial charge in [0.15, 0.2) is 0 Å². The van der Waals surface area contributed by atoms with Crippen molar-refractivity contribution in [2.75, 3.05) is 0 Å². The molecule has 0 aliphatic carbocycles. The lowest BCUT2D eigenvalue weighted by Gasteiger charge is -2.10. The van der Waals surface area contributed by atoms with Crippen LogP contribution in [0.1, 0.15) is 40.5 Å². The molecule has 2 N–H and O–H groups in total. The molecule has 0 spiro atoms. The van der Waals surface area contributed by atoms with Crippen LogP contribution in [0.25, 0.3) is 0 Å². The van der Waals surface area contributed by atoms with Gasteiger partial charge in [0.05, 0.1) is 0 Å². The molecule has 0 aliphatic rings. The Morgan fingerprint density at radius 3 is 1.14 bits per heavy atom. The largest absolute Gasteiger partial charge is 0.378 e. The predicted octanol–water partition coefficient (Wildman–Crippen LogP) is 1.56. The van der Waals surface area contributed by atoms with Crippen LogP contribution in [0.3, 0.4) is 0 Å². The van der Waals surface area contributed by atoms with E-state index in [1.807, 2.05) is 13.8 Å². The summed E-state index contributed by atoms with van der Waals surface area (Å²) in [6.45, 7) is 6.93. The van der Waals surface area contributed by atoms with Gasteiger partial charge in [0.2, 0.25) is 0 Å². The maximum absolute atomic E-state index is 8.90. The zero-order valence-electron chi connectivity index (χ0n) is 9.46. The third-order valence-electron chi connectivity index (χ3n) is 2.00. The van der Waals surface area contributed by atoms with Crippen LogP contribution in [0.5, 0.6) is 0 Å². The van der Waals surface area contributed by atoms with Gasteiger partial charge in [-0.1, -0.05) is 25.7 Å². The first-order valence-corrected chi connectivity index (χ1v) is 4.65. The molecule has 0 saturated heterocycles. The van der Waals surface area contributed by atoms with Crippen molar-refractivity contribution in [1.29, 1.82) is 0 Å². The van der Waals surface area contributed by atoms with E-state index in [2.05, 4.69) is 11.8 Å².